The number of hydrogen-bond acceptors (Lipinski definition) is 3. The second-order valence-electron chi connectivity index (χ2n) is 5.56. The quantitative estimate of drug-likeness (QED) is 0.754. The highest BCUT2D eigenvalue weighted by molar-refractivity contribution is 14.1. The van der Waals surface area contributed by atoms with Crippen molar-refractivity contribution in [1.82, 2.24) is 9.97 Å². The van der Waals surface area contributed by atoms with Gasteiger partial charge in [0.1, 0.15) is 5.82 Å². The first-order valence-corrected chi connectivity index (χ1v) is 8.65. The molecule has 0 amide bonds. The van der Waals surface area contributed by atoms with Crippen LogP contribution in [0.15, 0.2) is 24.3 Å². The SMILES string of the molecule is CCCc1nc(-c2cccc(C3CC3)c2)nc(NC)c1I. The molecule has 21 heavy (non-hydrogen) atoms. The predicted molar refractivity (Wildman–Crippen MR) is 95.7 cm³/mol. The average Bonchev–Trinajstić information content (AvgIpc) is 3.34. The second-order valence-corrected chi connectivity index (χ2v) is 6.63. The van der Waals surface area contributed by atoms with Crippen LogP contribution in [0.25, 0.3) is 11.4 Å². The summed E-state index contributed by atoms with van der Waals surface area (Å²) in [6.07, 6.45) is 4.72. The molecule has 1 aromatic carbocycles. The van der Waals surface area contributed by atoms with Gasteiger partial charge < -0.3 is 5.32 Å². The summed E-state index contributed by atoms with van der Waals surface area (Å²) in [5, 5.41) is 3.20. The average molecular weight is 393 g/mol. The highest BCUT2D eigenvalue weighted by atomic mass is 127. The van der Waals surface area contributed by atoms with Gasteiger partial charge in [0.05, 0.1) is 9.26 Å². The van der Waals surface area contributed by atoms with Crippen molar-refractivity contribution in [2.24, 2.45) is 0 Å². The van der Waals surface area contributed by atoms with Crippen molar-refractivity contribution in [3.8, 4) is 11.4 Å². The molecule has 1 heterocycles. The minimum absolute atomic E-state index is 0.757. The summed E-state index contributed by atoms with van der Waals surface area (Å²) in [4.78, 5) is 9.50. The summed E-state index contributed by atoms with van der Waals surface area (Å²) in [5.74, 6) is 2.53. The van der Waals surface area contributed by atoms with E-state index in [4.69, 9.17) is 9.97 Å². The molecule has 1 aliphatic rings. The minimum Gasteiger partial charge on any atom is -0.372 e. The van der Waals surface area contributed by atoms with E-state index in [0.29, 0.717) is 0 Å². The Morgan fingerprint density at radius 1 is 1.29 bits per heavy atom. The molecule has 1 N–H and O–H groups in total. The van der Waals surface area contributed by atoms with Crippen LogP contribution < -0.4 is 5.32 Å². The largest absolute Gasteiger partial charge is 0.372 e. The Bertz CT molecular complexity index is 650. The molecular formula is C17H20IN3. The lowest BCUT2D eigenvalue weighted by molar-refractivity contribution is 0.868. The number of aromatic nitrogens is 2. The maximum absolute atomic E-state index is 4.80. The van der Waals surface area contributed by atoms with Gasteiger partial charge in [-0.2, -0.15) is 0 Å². The van der Waals surface area contributed by atoms with Crippen LogP contribution in [0.1, 0.15) is 43.4 Å². The molecule has 3 nitrogen and oxygen atoms in total. The molecule has 0 spiro atoms. The monoisotopic (exact) mass is 393 g/mol. The Kier molecular flexibility index (Phi) is 4.42. The fourth-order valence-electron chi connectivity index (χ4n) is 2.54. The van der Waals surface area contributed by atoms with E-state index in [1.54, 1.807) is 0 Å². The topological polar surface area (TPSA) is 37.8 Å². The van der Waals surface area contributed by atoms with Crippen LogP contribution in [0.2, 0.25) is 0 Å². The van der Waals surface area contributed by atoms with E-state index < -0.39 is 0 Å². The van der Waals surface area contributed by atoms with Gasteiger partial charge in [-0.3, -0.25) is 0 Å². The molecule has 0 bridgehead atoms. The van der Waals surface area contributed by atoms with Gasteiger partial charge >= 0.3 is 0 Å². The van der Waals surface area contributed by atoms with Crippen molar-refractivity contribution in [1.29, 1.82) is 0 Å². The maximum atomic E-state index is 4.80. The number of nitrogens with one attached hydrogen (secondary N) is 1. The van der Waals surface area contributed by atoms with Crippen molar-refractivity contribution < 1.29 is 0 Å². The third kappa shape index (κ3) is 3.20. The molecule has 110 valence electrons. The van der Waals surface area contributed by atoms with Gasteiger partial charge in [-0.1, -0.05) is 31.5 Å². The Labute approximate surface area is 139 Å². The first kappa shape index (κ1) is 14.8. The molecule has 0 unspecified atom stereocenters. The Balaban J connectivity index is 2.04. The van der Waals surface area contributed by atoms with Gasteiger partial charge in [0.15, 0.2) is 5.82 Å². The summed E-state index contributed by atoms with van der Waals surface area (Å²) >= 11 is 2.34. The van der Waals surface area contributed by atoms with E-state index in [2.05, 4.69) is 59.1 Å². The number of hydrogen-bond donors (Lipinski definition) is 1. The van der Waals surface area contributed by atoms with Gasteiger partial charge in [0, 0.05) is 12.6 Å². The molecule has 0 aliphatic heterocycles. The Morgan fingerprint density at radius 2 is 2.10 bits per heavy atom. The number of aryl methyl sites for hydroxylation is 1. The lowest BCUT2D eigenvalue weighted by Crippen LogP contribution is -2.05. The Hall–Kier alpha value is -1.17. The Morgan fingerprint density at radius 3 is 2.76 bits per heavy atom. The molecule has 2 aromatic rings. The number of halogens is 1. The molecule has 0 radical (unpaired) electrons. The third-order valence-electron chi connectivity index (χ3n) is 3.84. The maximum Gasteiger partial charge on any atom is 0.161 e. The molecule has 3 rings (SSSR count). The lowest BCUT2D eigenvalue weighted by atomic mass is 10.1. The van der Waals surface area contributed by atoms with Gasteiger partial charge in [-0.05, 0) is 59.4 Å². The first-order valence-electron chi connectivity index (χ1n) is 7.57. The third-order valence-corrected chi connectivity index (χ3v) is 4.97. The second kappa shape index (κ2) is 6.30. The summed E-state index contributed by atoms with van der Waals surface area (Å²) in [5.41, 5.74) is 3.70. The zero-order valence-electron chi connectivity index (χ0n) is 12.5. The summed E-state index contributed by atoms with van der Waals surface area (Å²) in [7, 11) is 1.92. The summed E-state index contributed by atoms with van der Waals surface area (Å²) in [6, 6.07) is 8.72. The molecule has 0 atom stereocenters. The van der Waals surface area contributed by atoms with Gasteiger partial charge in [-0.15, -0.1) is 0 Å². The molecule has 1 saturated carbocycles. The van der Waals surface area contributed by atoms with Crippen LogP contribution in [-0.2, 0) is 6.42 Å². The fourth-order valence-corrected chi connectivity index (χ4v) is 3.32. The van der Waals surface area contributed by atoms with E-state index in [1.807, 2.05) is 7.05 Å². The van der Waals surface area contributed by atoms with Crippen LogP contribution in [0.5, 0.6) is 0 Å². The van der Waals surface area contributed by atoms with E-state index in [-0.39, 0.29) is 0 Å². The summed E-state index contributed by atoms with van der Waals surface area (Å²) < 4.78 is 1.14. The standard InChI is InChI=1S/C17H20IN3/c1-3-5-14-15(18)17(19-2)21-16(20-14)13-7-4-6-12(10-13)11-8-9-11/h4,6-7,10-11H,3,5,8-9H2,1-2H3,(H,19,20,21). The fraction of sp³-hybridized carbons (Fsp3) is 0.412. The van der Waals surface area contributed by atoms with E-state index in [1.165, 1.54) is 18.4 Å². The first-order chi connectivity index (χ1) is 10.2. The molecule has 1 fully saturated rings. The van der Waals surface area contributed by atoms with Gasteiger partial charge in [-0.25, -0.2) is 9.97 Å². The van der Waals surface area contributed by atoms with E-state index in [0.717, 1.165) is 45.2 Å². The normalized spacial score (nSPS) is 14.2. The van der Waals surface area contributed by atoms with Gasteiger partial charge in [0.25, 0.3) is 0 Å². The molecule has 0 saturated heterocycles. The minimum atomic E-state index is 0.757. The van der Waals surface area contributed by atoms with Gasteiger partial charge in [0.2, 0.25) is 0 Å². The lowest BCUT2D eigenvalue weighted by Gasteiger charge is -2.11. The van der Waals surface area contributed by atoms with Crippen molar-refractivity contribution in [3.05, 3.63) is 39.1 Å². The highest BCUT2D eigenvalue weighted by Gasteiger charge is 2.23. The van der Waals surface area contributed by atoms with Crippen LogP contribution in [-0.4, -0.2) is 17.0 Å². The van der Waals surface area contributed by atoms with Crippen LogP contribution in [0, 0.1) is 3.57 Å². The smallest absolute Gasteiger partial charge is 0.161 e. The van der Waals surface area contributed by atoms with E-state index >= 15 is 0 Å². The van der Waals surface area contributed by atoms with Crippen LogP contribution >= 0.6 is 22.6 Å². The van der Waals surface area contributed by atoms with Crippen molar-refractivity contribution in [2.45, 2.75) is 38.5 Å². The molecular weight excluding hydrogens is 373 g/mol. The number of rotatable bonds is 5. The van der Waals surface area contributed by atoms with Crippen LogP contribution in [0.3, 0.4) is 0 Å². The number of benzene rings is 1. The van der Waals surface area contributed by atoms with Crippen molar-refractivity contribution >= 4 is 28.4 Å². The van der Waals surface area contributed by atoms with Crippen molar-refractivity contribution in [2.75, 3.05) is 12.4 Å². The van der Waals surface area contributed by atoms with Crippen molar-refractivity contribution in [3.63, 3.8) is 0 Å². The number of anilines is 1. The van der Waals surface area contributed by atoms with E-state index in [9.17, 15) is 0 Å². The summed E-state index contributed by atoms with van der Waals surface area (Å²) in [6.45, 7) is 2.19. The molecule has 4 heteroatoms. The molecule has 1 aliphatic carbocycles. The number of nitrogens with zero attached hydrogens (tertiary/aromatic N) is 2. The highest BCUT2D eigenvalue weighted by Crippen LogP contribution is 2.41. The zero-order chi connectivity index (χ0) is 14.8. The molecule has 1 aromatic heterocycles. The zero-order valence-corrected chi connectivity index (χ0v) is 14.6. The van der Waals surface area contributed by atoms with Crippen LogP contribution in [0.4, 0.5) is 5.82 Å². The predicted octanol–water partition coefficient (Wildman–Crippen LogP) is 4.62.